The zero-order chi connectivity index (χ0) is 17.3. The van der Waals surface area contributed by atoms with E-state index in [1.165, 1.54) is 11.8 Å². The molecule has 2 aliphatic heterocycles. The highest BCUT2D eigenvalue weighted by molar-refractivity contribution is 8.15. The van der Waals surface area contributed by atoms with Gasteiger partial charge in [-0.05, 0) is 25.0 Å². The van der Waals surface area contributed by atoms with Crippen LogP contribution < -0.4 is 0 Å². The third-order valence-electron chi connectivity index (χ3n) is 4.25. The molecule has 0 saturated carbocycles. The number of thioether (sulfide) groups is 1. The molecular formula is C18H16N2O3S. The van der Waals surface area contributed by atoms with Crippen molar-refractivity contribution in [3.05, 3.63) is 46.7 Å². The fraction of sp³-hybridized carbons (Fsp3) is 0.333. The van der Waals surface area contributed by atoms with Crippen molar-refractivity contribution >= 4 is 28.6 Å². The van der Waals surface area contributed by atoms with E-state index < -0.39 is 17.8 Å². The first-order valence-corrected chi connectivity index (χ1v) is 8.68. The number of ether oxygens (including phenoxy) is 1. The van der Waals surface area contributed by atoms with Gasteiger partial charge in [0.2, 0.25) is 0 Å². The number of nitrogens with zero attached hydrogens (tertiary/aromatic N) is 2. The first-order valence-electron chi connectivity index (χ1n) is 7.69. The first-order chi connectivity index (χ1) is 11.6. The van der Waals surface area contributed by atoms with Crippen LogP contribution in [0, 0.1) is 24.2 Å². The zero-order valence-corrected chi connectivity index (χ0v) is 14.2. The van der Waals surface area contributed by atoms with Crippen molar-refractivity contribution in [3.63, 3.8) is 0 Å². The lowest BCUT2D eigenvalue weighted by molar-refractivity contribution is -0.139. The van der Waals surface area contributed by atoms with E-state index in [1.54, 1.807) is 6.92 Å². The summed E-state index contributed by atoms with van der Waals surface area (Å²) >= 11 is 1.19. The largest absolute Gasteiger partial charge is 0.463 e. The fourth-order valence-electron chi connectivity index (χ4n) is 3.20. The van der Waals surface area contributed by atoms with Crippen LogP contribution in [0.3, 0.4) is 0 Å². The highest BCUT2D eigenvalue weighted by Gasteiger charge is 2.47. The topological polar surface area (TPSA) is 79.5 Å². The Hall–Kier alpha value is -2.39. The van der Waals surface area contributed by atoms with Gasteiger partial charge in [0, 0.05) is 17.4 Å². The number of carbonyl (C=O) groups is 2. The average Bonchev–Trinajstić information content (AvgIpc) is 2.95. The highest BCUT2D eigenvalue weighted by Crippen LogP contribution is 2.45. The Morgan fingerprint density at radius 3 is 2.83 bits per heavy atom. The SMILES string of the molecule is CCOC(=O)C1=C(C#N)N=C2CSC(=O)C2C1c1ccccc1C. The summed E-state index contributed by atoms with van der Waals surface area (Å²) in [5, 5.41) is 9.47. The lowest BCUT2D eigenvalue weighted by Crippen LogP contribution is -2.33. The van der Waals surface area contributed by atoms with Crippen molar-refractivity contribution in [2.24, 2.45) is 10.9 Å². The van der Waals surface area contributed by atoms with Gasteiger partial charge >= 0.3 is 5.97 Å². The average molecular weight is 340 g/mol. The van der Waals surface area contributed by atoms with E-state index in [1.807, 2.05) is 37.3 Å². The quantitative estimate of drug-likeness (QED) is 0.791. The van der Waals surface area contributed by atoms with Crippen LogP contribution in [-0.2, 0) is 14.3 Å². The molecule has 6 heteroatoms. The van der Waals surface area contributed by atoms with Crippen LogP contribution in [-0.4, -0.2) is 29.2 Å². The van der Waals surface area contributed by atoms with Gasteiger partial charge in [-0.15, -0.1) is 0 Å². The number of nitriles is 1. The zero-order valence-electron chi connectivity index (χ0n) is 13.4. The lowest BCUT2D eigenvalue weighted by Gasteiger charge is -2.29. The summed E-state index contributed by atoms with van der Waals surface area (Å²) in [5.74, 6) is -1.13. The van der Waals surface area contributed by atoms with Gasteiger partial charge < -0.3 is 4.74 Å². The summed E-state index contributed by atoms with van der Waals surface area (Å²) in [7, 11) is 0. The number of hydrogen-bond acceptors (Lipinski definition) is 6. The smallest absolute Gasteiger partial charge is 0.337 e. The third kappa shape index (κ3) is 2.65. The molecule has 24 heavy (non-hydrogen) atoms. The van der Waals surface area contributed by atoms with Crippen molar-refractivity contribution in [1.82, 2.24) is 0 Å². The van der Waals surface area contributed by atoms with Gasteiger partial charge in [-0.1, -0.05) is 36.0 Å². The minimum absolute atomic E-state index is 0.0132. The molecule has 122 valence electrons. The van der Waals surface area contributed by atoms with Crippen molar-refractivity contribution in [2.45, 2.75) is 19.8 Å². The van der Waals surface area contributed by atoms with Crippen molar-refractivity contribution in [2.75, 3.05) is 12.4 Å². The van der Waals surface area contributed by atoms with Crippen LogP contribution in [0.2, 0.25) is 0 Å². The maximum Gasteiger partial charge on any atom is 0.337 e. The van der Waals surface area contributed by atoms with E-state index >= 15 is 0 Å². The molecule has 5 nitrogen and oxygen atoms in total. The van der Waals surface area contributed by atoms with E-state index in [4.69, 9.17) is 4.74 Å². The molecule has 3 rings (SSSR count). The molecule has 0 N–H and O–H groups in total. The third-order valence-corrected chi connectivity index (χ3v) is 5.23. The number of rotatable bonds is 3. The van der Waals surface area contributed by atoms with Gasteiger partial charge in [0.05, 0.1) is 18.1 Å². The number of allylic oxidation sites excluding steroid dienone is 1. The molecule has 1 fully saturated rings. The van der Waals surface area contributed by atoms with Gasteiger partial charge in [0.15, 0.2) is 10.8 Å². The molecule has 2 aliphatic rings. The molecule has 0 aliphatic carbocycles. The molecule has 1 saturated heterocycles. The molecule has 0 spiro atoms. The molecule has 1 aromatic rings. The van der Waals surface area contributed by atoms with Crippen molar-refractivity contribution < 1.29 is 14.3 Å². The Morgan fingerprint density at radius 1 is 1.42 bits per heavy atom. The molecule has 0 amide bonds. The Balaban J connectivity index is 2.23. The van der Waals surface area contributed by atoms with E-state index in [0.29, 0.717) is 11.5 Å². The number of benzene rings is 1. The number of hydrogen-bond donors (Lipinski definition) is 0. The Bertz CT molecular complexity index is 820. The second kappa shape index (κ2) is 6.62. The number of carbonyl (C=O) groups excluding carboxylic acids is 2. The van der Waals surface area contributed by atoms with Crippen molar-refractivity contribution in [1.29, 1.82) is 5.26 Å². The van der Waals surface area contributed by atoms with Gasteiger partial charge in [0.25, 0.3) is 0 Å². The molecule has 0 aromatic heterocycles. The standard InChI is InChI=1S/C18H16N2O3S/c1-3-23-17(21)15-12(8-19)20-13-9-24-18(22)16(13)14(15)11-7-5-4-6-10(11)2/h4-7,14,16H,3,9H2,1-2H3. The number of esters is 1. The minimum atomic E-state index is -0.574. The highest BCUT2D eigenvalue weighted by atomic mass is 32.2. The van der Waals surface area contributed by atoms with Crippen LogP contribution in [0.5, 0.6) is 0 Å². The summed E-state index contributed by atoms with van der Waals surface area (Å²) in [5.41, 5.74) is 2.75. The Morgan fingerprint density at radius 2 is 2.17 bits per heavy atom. The monoisotopic (exact) mass is 340 g/mol. The summed E-state index contributed by atoms with van der Waals surface area (Å²) < 4.78 is 5.15. The van der Waals surface area contributed by atoms with Crippen LogP contribution in [0.4, 0.5) is 0 Å². The molecular weight excluding hydrogens is 324 g/mol. The molecule has 0 bridgehead atoms. The van der Waals surface area contributed by atoms with Crippen LogP contribution in [0.25, 0.3) is 0 Å². The minimum Gasteiger partial charge on any atom is -0.463 e. The fourth-order valence-corrected chi connectivity index (χ4v) is 4.18. The second-order valence-electron chi connectivity index (χ2n) is 5.62. The van der Waals surface area contributed by atoms with Gasteiger partial charge in [-0.2, -0.15) is 5.26 Å². The summed E-state index contributed by atoms with van der Waals surface area (Å²) in [6.45, 7) is 3.84. The van der Waals surface area contributed by atoms with E-state index in [9.17, 15) is 14.9 Å². The van der Waals surface area contributed by atoms with E-state index in [0.717, 1.165) is 11.1 Å². The van der Waals surface area contributed by atoms with Gasteiger partial charge in [-0.25, -0.2) is 9.79 Å². The normalized spacial score (nSPS) is 22.7. The maximum absolute atomic E-state index is 12.5. The van der Waals surface area contributed by atoms with E-state index in [-0.39, 0.29) is 23.0 Å². The first kappa shape index (κ1) is 16.5. The second-order valence-corrected chi connectivity index (χ2v) is 6.60. The van der Waals surface area contributed by atoms with Gasteiger partial charge in [0.1, 0.15) is 6.07 Å². The number of aryl methyl sites for hydroxylation is 1. The predicted octanol–water partition coefficient (Wildman–Crippen LogP) is 2.76. The van der Waals surface area contributed by atoms with Crippen LogP contribution in [0.15, 0.2) is 40.5 Å². The lowest BCUT2D eigenvalue weighted by atomic mass is 9.75. The number of fused-ring (bicyclic) bond motifs is 1. The van der Waals surface area contributed by atoms with E-state index in [2.05, 4.69) is 4.99 Å². The molecule has 2 heterocycles. The predicted molar refractivity (Wildman–Crippen MR) is 91.6 cm³/mol. The summed E-state index contributed by atoms with van der Waals surface area (Å²) in [4.78, 5) is 29.3. The molecule has 2 unspecified atom stereocenters. The van der Waals surface area contributed by atoms with Crippen LogP contribution >= 0.6 is 11.8 Å². The molecule has 0 radical (unpaired) electrons. The van der Waals surface area contributed by atoms with Crippen molar-refractivity contribution in [3.8, 4) is 6.07 Å². The van der Waals surface area contributed by atoms with Crippen LogP contribution in [0.1, 0.15) is 24.0 Å². The van der Waals surface area contributed by atoms with Gasteiger partial charge in [-0.3, -0.25) is 4.79 Å². The number of aliphatic imine (C=N–C) groups is 1. The molecule has 2 atom stereocenters. The summed E-state index contributed by atoms with van der Waals surface area (Å²) in [6, 6.07) is 9.61. The Labute approximate surface area is 144 Å². The Kier molecular flexibility index (Phi) is 4.54. The molecule has 1 aromatic carbocycles. The summed E-state index contributed by atoms with van der Waals surface area (Å²) in [6.07, 6.45) is 0. The maximum atomic E-state index is 12.5.